The first kappa shape index (κ1) is 19.0. The van der Waals surface area contributed by atoms with Crippen LogP contribution in [0.2, 0.25) is 5.02 Å². The molecule has 0 amide bonds. The van der Waals surface area contributed by atoms with Crippen molar-refractivity contribution in [2.75, 3.05) is 26.2 Å². The standard InChI is InChI=1S/C18H26ClNO4/c1-3-6-18(17(22)23)7-8-20(12-16(18)21)9-10-24-15-11-13(2)4-5-14(15)19/h4-5,11,16,21H,3,6-10,12H2,1-2H3,(H,22,23)/t16-,18-/m0/s1. The van der Waals surface area contributed by atoms with Crippen molar-refractivity contribution in [1.29, 1.82) is 0 Å². The van der Waals surface area contributed by atoms with Crippen LogP contribution in [-0.4, -0.2) is 53.4 Å². The highest BCUT2D eigenvalue weighted by molar-refractivity contribution is 6.32. The van der Waals surface area contributed by atoms with Crippen molar-refractivity contribution in [3.8, 4) is 5.75 Å². The van der Waals surface area contributed by atoms with Gasteiger partial charge in [0.1, 0.15) is 12.4 Å². The van der Waals surface area contributed by atoms with E-state index in [1.807, 2.05) is 36.9 Å². The van der Waals surface area contributed by atoms with Gasteiger partial charge in [-0.15, -0.1) is 0 Å². The number of aliphatic hydroxyl groups is 1. The fourth-order valence-corrected chi connectivity index (χ4v) is 3.51. The molecule has 2 N–H and O–H groups in total. The second-order valence-corrected chi connectivity index (χ2v) is 6.97. The molecule has 0 unspecified atom stereocenters. The Morgan fingerprint density at radius 2 is 2.25 bits per heavy atom. The lowest BCUT2D eigenvalue weighted by Crippen LogP contribution is -2.55. The number of nitrogens with zero attached hydrogens (tertiary/aromatic N) is 1. The third kappa shape index (κ3) is 4.21. The number of β-amino-alcohol motifs (C(OH)–C–C–N with tert-alkyl or cyclic N) is 1. The average Bonchev–Trinajstić information content (AvgIpc) is 2.53. The molecule has 2 rings (SSSR count). The van der Waals surface area contributed by atoms with Gasteiger partial charge in [-0.1, -0.05) is 31.0 Å². The van der Waals surface area contributed by atoms with Gasteiger partial charge in [-0.2, -0.15) is 0 Å². The smallest absolute Gasteiger partial charge is 0.312 e. The van der Waals surface area contributed by atoms with Crippen molar-refractivity contribution in [2.45, 2.75) is 39.2 Å². The number of hydrogen-bond acceptors (Lipinski definition) is 4. The number of likely N-dealkylation sites (tertiary alicyclic amines) is 1. The molecule has 1 heterocycles. The van der Waals surface area contributed by atoms with Crippen LogP contribution in [0.15, 0.2) is 18.2 Å². The summed E-state index contributed by atoms with van der Waals surface area (Å²) >= 11 is 6.10. The lowest BCUT2D eigenvalue weighted by Gasteiger charge is -2.42. The van der Waals surface area contributed by atoms with E-state index in [4.69, 9.17) is 16.3 Å². The van der Waals surface area contributed by atoms with Crippen LogP contribution in [0, 0.1) is 12.3 Å². The van der Waals surface area contributed by atoms with Gasteiger partial charge in [-0.3, -0.25) is 9.69 Å². The molecule has 6 heteroatoms. The number of halogens is 1. The number of aliphatic carboxylic acids is 1. The molecular formula is C18H26ClNO4. The van der Waals surface area contributed by atoms with E-state index >= 15 is 0 Å². The van der Waals surface area contributed by atoms with E-state index in [0.717, 1.165) is 12.0 Å². The maximum atomic E-state index is 11.6. The Morgan fingerprint density at radius 3 is 2.88 bits per heavy atom. The van der Waals surface area contributed by atoms with Gasteiger partial charge < -0.3 is 14.9 Å². The quantitative estimate of drug-likeness (QED) is 0.787. The molecule has 0 aromatic heterocycles. The second-order valence-electron chi connectivity index (χ2n) is 6.56. The number of aryl methyl sites for hydroxylation is 1. The highest BCUT2D eigenvalue weighted by Gasteiger charge is 2.47. The number of carbonyl (C=O) groups is 1. The zero-order chi connectivity index (χ0) is 17.7. The lowest BCUT2D eigenvalue weighted by molar-refractivity contribution is -0.164. The average molecular weight is 356 g/mol. The Labute approximate surface area is 148 Å². The highest BCUT2D eigenvalue weighted by Crippen LogP contribution is 2.36. The summed E-state index contributed by atoms with van der Waals surface area (Å²) in [5.41, 5.74) is 0.0694. The molecule has 0 spiro atoms. The third-order valence-electron chi connectivity index (χ3n) is 4.82. The molecule has 1 fully saturated rings. The van der Waals surface area contributed by atoms with E-state index < -0.39 is 17.5 Å². The van der Waals surface area contributed by atoms with Gasteiger partial charge >= 0.3 is 5.97 Å². The first-order valence-corrected chi connectivity index (χ1v) is 8.79. The minimum atomic E-state index is -1.01. The molecule has 2 atom stereocenters. The van der Waals surface area contributed by atoms with Gasteiger partial charge in [-0.25, -0.2) is 0 Å². The molecule has 0 radical (unpaired) electrons. The van der Waals surface area contributed by atoms with Gasteiger partial charge in [-0.05, 0) is 44.0 Å². The largest absolute Gasteiger partial charge is 0.491 e. The molecule has 0 bridgehead atoms. The Hall–Kier alpha value is -1.30. The monoisotopic (exact) mass is 355 g/mol. The van der Waals surface area contributed by atoms with Crippen molar-refractivity contribution in [3.63, 3.8) is 0 Å². The highest BCUT2D eigenvalue weighted by atomic mass is 35.5. The molecule has 24 heavy (non-hydrogen) atoms. The number of carboxylic acids is 1. The Kier molecular flexibility index (Phi) is 6.49. The molecule has 5 nitrogen and oxygen atoms in total. The summed E-state index contributed by atoms with van der Waals surface area (Å²) in [5, 5.41) is 20.5. The fraction of sp³-hybridized carbons (Fsp3) is 0.611. The number of aliphatic hydroxyl groups excluding tert-OH is 1. The predicted octanol–water partition coefficient (Wildman–Crippen LogP) is 2.96. The summed E-state index contributed by atoms with van der Waals surface area (Å²) in [7, 11) is 0. The molecule has 0 saturated carbocycles. The normalized spacial score (nSPS) is 24.8. The van der Waals surface area contributed by atoms with Crippen molar-refractivity contribution in [1.82, 2.24) is 4.90 Å². The van der Waals surface area contributed by atoms with Gasteiger partial charge in [0.25, 0.3) is 0 Å². The van der Waals surface area contributed by atoms with Crippen molar-refractivity contribution >= 4 is 17.6 Å². The Morgan fingerprint density at radius 1 is 1.50 bits per heavy atom. The molecular weight excluding hydrogens is 330 g/mol. The lowest BCUT2D eigenvalue weighted by atomic mass is 9.73. The zero-order valence-corrected chi connectivity index (χ0v) is 15.1. The molecule has 1 aliphatic heterocycles. The Balaban J connectivity index is 1.88. The number of piperidine rings is 1. The molecule has 1 aromatic carbocycles. The summed E-state index contributed by atoms with van der Waals surface area (Å²) in [6.45, 7) is 6.00. The van der Waals surface area contributed by atoms with Gasteiger partial charge in [0.2, 0.25) is 0 Å². The molecule has 1 aromatic rings. The predicted molar refractivity (Wildman–Crippen MR) is 93.7 cm³/mol. The van der Waals surface area contributed by atoms with E-state index in [-0.39, 0.29) is 0 Å². The first-order chi connectivity index (χ1) is 11.4. The van der Waals surface area contributed by atoms with E-state index in [1.165, 1.54) is 0 Å². The minimum Gasteiger partial charge on any atom is -0.491 e. The summed E-state index contributed by atoms with van der Waals surface area (Å²) in [6, 6.07) is 5.63. The number of benzene rings is 1. The number of ether oxygens (including phenoxy) is 1. The van der Waals surface area contributed by atoms with Crippen LogP contribution < -0.4 is 4.74 Å². The van der Waals surface area contributed by atoms with Gasteiger partial charge in [0.05, 0.1) is 16.5 Å². The van der Waals surface area contributed by atoms with Crippen molar-refractivity contribution in [2.24, 2.45) is 5.41 Å². The van der Waals surface area contributed by atoms with Gasteiger partial charge in [0.15, 0.2) is 0 Å². The van der Waals surface area contributed by atoms with E-state index in [9.17, 15) is 15.0 Å². The van der Waals surface area contributed by atoms with Crippen LogP contribution in [0.5, 0.6) is 5.75 Å². The van der Waals surface area contributed by atoms with Crippen molar-refractivity contribution in [3.05, 3.63) is 28.8 Å². The topological polar surface area (TPSA) is 70.0 Å². The summed E-state index contributed by atoms with van der Waals surface area (Å²) < 4.78 is 5.73. The van der Waals surface area contributed by atoms with E-state index in [1.54, 1.807) is 0 Å². The number of hydrogen-bond donors (Lipinski definition) is 2. The number of carboxylic acid groups (broad SMARTS) is 1. The number of rotatable bonds is 7. The van der Waals surface area contributed by atoms with Crippen LogP contribution in [0.25, 0.3) is 0 Å². The van der Waals surface area contributed by atoms with Gasteiger partial charge in [0, 0.05) is 13.1 Å². The van der Waals surface area contributed by atoms with Crippen molar-refractivity contribution < 1.29 is 19.7 Å². The first-order valence-electron chi connectivity index (χ1n) is 8.42. The SMILES string of the molecule is CCC[C@]1(C(=O)O)CCN(CCOc2cc(C)ccc2Cl)C[C@@H]1O. The molecule has 1 aliphatic rings. The van der Waals surface area contributed by atoms with Crippen LogP contribution in [-0.2, 0) is 4.79 Å². The molecule has 0 aliphatic carbocycles. The van der Waals surface area contributed by atoms with Crippen LogP contribution in [0.4, 0.5) is 0 Å². The summed E-state index contributed by atoms with van der Waals surface area (Å²) in [4.78, 5) is 13.7. The van der Waals surface area contributed by atoms with E-state index in [2.05, 4.69) is 0 Å². The Bertz CT molecular complexity index is 580. The van der Waals surface area contributed by atoms with Crippen LogP contribution in [0.3, 0.4) is 0 Å². The third-order valence-corrected chi connectivity index (χ3v) is 5.13. The van der Waals surface area contributed by atoms with E-state index in [0.29, 0.717) is 49.9 Å². The maximum Gasteiger partial charge on any atom is 0.312 e. The molecule has 134 valence electrons. The second kappa shape index (κ2) is 8.19. The van der Waals surface area contributed by atoms with Crippen LogP contribution >= 0.6 is 11.6 Å². The van der Waals surface area contributed by atoms with Crippen LogP contribution in [0.1, 0.15) is 31.7 Å². The zero-order valence-electron chi connectivity index (χ0n) is 14.3. The minimum absolute atomic E-state index is 0.358. The maximum absolute atomic E-state index is 11.6. The summed E-state index contributed by atoms with van der Waals surface area (Å²) in [6.07, 6.45) is 0.861. The molecule has 1 saturated heterocycles. The summed E-state index contributed by atoms with van der Waals surface area (Å²) in [5.74, 6) is -0.237. The fourth-order valence-electron chi connectivity index (χ4n) is 3.34.